The van der Waals surface area contributed by atoms with Gasteiger partial charge in [-0.2, -0.15) is 0 Å². The molecule has 216 valence electrons. The highest BCUT2D eigenvalue weighted by Gasteiger charge is 2.80. The molecule has 0 amide bonds. The fraction of sp³-hybridized carbons (Fsp3) is 0.897. The molecule has 9 heteroatoms. The molecule has 0 aromatic heterocycles. The summed E-state index contributed by atoms with van der Waals surface area (Å²) in [6.45, 7) is 20.1. The average Bonchev–Trinajstić information content (AvgIpc) is 3.09. The fourth-order valence-corrected chi connectivity index (χ4v) is 8.80. The van der Waals surface area contributed by atoms with Crippen LogP contribution in [-0.2, 0) is 37.8 Å². The Morgan fingerprint density at radius 2 is 1.66 bits per heavy atom. The van der Waals surface area contributed by atoms with Gasteiger partial charge in [0.25, 0.3) is 6.29 Å². The van der Waals surface area contributed by atoms with Gasteiger partial charge in [0, 0.05) is 32.3 Å². The molecule has 1 spiro atoms. The van der Waals surface area contributed by atoms with Gasteiger partial charge in [-0.15, -0.1) is 0 Å². The zero-order chi connectivity index (χ0) is 28.4. The molecule has 38 heavy (non-hydrogen) atoms. The Hall–Kier alpha value is -1.45. The zero-order valence-electron chi connectivity index (χ0n) is 24.9. The molecule has 8 nitrogen and oxygen atoms in total. The van der Waals surface area contributed by atoms with E-state index in [9.17, 15) is 14.4 Å². The molecule has 0 aromatic rings. The third kappa shape index (κ3) is 4.74. The monoisotopic (exact) mass is 552 g/mol. The second kappa shape index (κ2) is 9.87. The van der Waals surface area contributed by atoms with Crippen LogP contribution in [0.2, 0.25) is 18.1 Å². The highest BCUT2D eigenvalue weighted by Crippen LogP contribution is 2.68. The first-order valence-corrected chi connectivity index (χ1v) is 17.3. The van der Waals surface area contributed by atoms with E-state index >= 15 is 0 Å². The van der Waals surface area contributed by atoms with Gasteiger partial charge in [-0.3, -0.25) is 14.4 Å². The highest BCUT2D eigenvalue weighted by atomic mass is 28.4. The molecule has 1 heterocycles. The van der Waals surface area contributed by atoms with Crippen LogP contribution < -0.4 is 0 Å². The maximum atomic E-state index is 14.3. The summed E-state index contributed by atoms with van der Waals surface area (Å²) in [5.41, 5.74) is -1.40. The van der Waals surface area contributed by atoms with Crippen LogP contribution in [0.5, 0.6) is 0 Å². The Labute approximate surface area is 228 Å². The maximum absolute atomic E-state index is 14.3. The third-order valence-electron chi connectivity index (χ3n) is 10.2. The van der Waals surface area contributed by atoms with Gasteiger partial charge < -0.3 is 23.4 Å². The predicted molar refractivity (Wildman–Crippen MR) is 143 cm³/mol. The molecule has 4 aliphatic rings. The maximum Gasteiger partial charge on any atom is 0.325 e. The molecule has 4 rings (SSSR count). The summed E-state index contributed by atoms with van der Waals surface area (Å²) in [6, 6.07) is 0. The van der Waals surface area contributed by atoms with Gasteiger partial charge in [-0.05, 0) is 67.5 Å². The number of esters is 3. The van der Waals surface area contributed by atoms with Crippen molar-refractivity contribution in [3.05, 3.63) is 0 Å². The summed E-state index contributed by atoms with van der Waals surface area (Å²) in [7, 11) is -2.07. The molecular formula is C29H48O8Si. The second-order valence-electron chi connectivity index (χ2n) is 14.2. The quantitative estimate of drug-likeness (QED) is 0.239. The van der Waals surface area contributed by atoms with Crippen LogP contribution in [-0.4, -0.2) is 50.5 Å². The Kier molecular flexibility index (Phi) is 7.67. The number of hydrogen-bond donors (Lipinski definition) is 0. The Morgan fingerprint density at radius 3 is 2.18 bits per heavy atom. The van der Waals surface area contributed by atoms with E-state index in [0.717, 1.165) is 19.3 Å². The fourth-order valence-electron chi connectivity index (χ4n) is 7.42. The van der Waals surface area contributed by atoms with E-state index in [2.05, 4.69) is 54.6 Å². The van der Waals surface area contributed by atoms with Crippen molar-refractivity contribution in [2.75, 3.05) is 0 Å². The summed E-state index contributed by atoms with van der Waals surface area (Å²) in [6.07, 6.45) is 1.90. The highest BCUT2D eigenvalue weighted by molar-refractivity contribution is 6.74. The molecule has 0 radical (unpaired) electrons. The third-order valence-corrected chi connectivity index (χ3v) is 14.7. The molecular weight excluding hydrogens is 504 g/mol. The smallest absolute Gasteiger partial charge is 0.325 e. The molecule has 0 N–H and O–H groups in total. The number of fused-ring (bicyclic) bond motifs is 4. The number of rotatable bonds is 6. The lowest BCUT2D eigenvalue weighted by molar-refractivity contribution is -0.404. The van der Waals surface area contributed by atoms with Crippen LogP contribution in [0.4, 0.5) is 0 Å². The van der Waals surface area contributed by atoms with Gasteiger partial charge in [0.15, 0.2) is 13.7 Å². The first-order valence-electron chi connectivity index (χ1n) is 14.4. The van der Waals surface area contributed by atoms with Crippen molar-refractivity contribution in [2.24, 2.45) is 35.0 Å². The van der Waals surface area contributed by atoms with Crippen molar-refractivity contribution < 1.29 is 37.8 Å². The molecule has 3 saturated carbocycles. The van der Waals surface area contributed by atoms with Crippen LogP contribution >= 0.6 is 0 Å². The second-order valence-corrected chi connectivity index (χ2v) is 19.0. The number of hydrogen-bond acceptors (Lipinski definition) is 8. The van der Waals surface area contributed by atoms with Gasteiger partial charge in [-0.25, -0.2) is 0 Å². The average molecular weight is 553 g/mol. The van der Waals surface area contributed by atoms with Crippen molar-refractivity contribution in [3.63, 3.8) is 0 Å². The van der Waals surface area contributed by atoms with E-state index in [0.29, 0.717) is 18.8 Å². The molecule has 1 aliphatic heterocycles. The van der Waals surface area contributed by atoms with Gasteiger partial charge in [-0.1, -0.05) is 41.5 Å². The summed E-state index contributed by atoms with van der Waals surface area (Å²) >= 11 is 0. The summed E-state index contributed by atoms with van der Waals surface area (Å²) < 4.78 is 31.3. The Balaban J connectivity index is 1.74. The summed E-state index contributed by atoms with van der Waals surface area (Å²) in [4.78, 5) is 38.6. The minimum absolute atomic E-state index is 0.0214. The number of carbonyl (C=O) groups is 3. The Bertz CT molecular complexity index is 941. The van der Waals surface area contributed by atoms with Gasteiger partial charge >= 0.3 is 17.9 Å². The standard InChI is InChI=1S/C29H48O8Si/c1-16(2)22-12-11-17(3)15-28(22)35-24-21-13-20(37-38(9,10)27(6,7)8)14-23(21)29(24,25(32)36-28)26(33-18(4)30)34-19(5)31/h16-17,20-24,26H,11-15H2,1-10H3/t17-,20+,21-,22+,23+,24-,28-,29-/m1/s1. The molecule has 0 unspecified atom stereocenters. The van der Waals surface area contributed by atoms with Crippen molar-refractivity contribution in [2.45, 2.75) is 130 Å². The van der Waals surface area contributed by atoms with Gasteiger partial charge in [0.2, 0.25) is 5.79 Å². The molecule has 0 bridgehead atoms. The normalized spacial score (nSPS) is 38.9. The first kappa shape index (κ1) is 29.5. The zero-order valence-corrected chi connectivity index (χ0v) is 25.9. The van der Waals surface area contributed by atoms with Crippen LogP contribution in [0.15, 0.2) is 0 Å². The molecule has 1 saturated heterocycles. The largest absolute Gasteiger partial charge is 0.432 e. The molecule has 4 fully saturated rings. The van der Waals surface area contributed by atoms with Crippen molar-refractivity contribution in [1.29, 1.82) is 0 Å². The van der Waals surface area contributed by atoms with E-state index in [-0.39, 0.29) is 34.8 Å². The molecule has 0 aromatic carbocycles. The lowest BCUT2D eigenvalue weighted by Gasteiger charge is -2.64. The van der Waals surface area contributed by atoms with Gasteiger partial charge in [0.05, 0.1) is 6.10 Å². The summed E-state index contributed by atoms with van der Waals surface area (Å²) in [5.74, 6) is -2.32. The van der Waals surface area contributed by atoms with Gasteiger partial charge in [0.1, 0.15) is 0 Å². The minimum atomic E-state index is -2.07. The van der Waals surface area contributed by atoms with E-state index in [1.807, 2.05) is 0 Å². The molecule has 8 atom stereocenters. The lowest BCUT2D eigenvalue weighted by Crippen LogP contribution is -2.77. The SMILES string of the molecule is CC(=O)OC(OC(C)=O)[C@@]12C(=O)O[C@@]3(C[C@H](C)CC[C@H]3C(C)C)O[C@@H]1[C@@H]1C[C@H](O[Si](C)(C)C(C)(C)C)C[C@@H]12. The van der Waals surface area contributed by atoms with Crippen LogP contribution in [0.25, 0.3) is 0 Å². The van der Waals surface area contributed by atoms with Crippen molar-refractivity contribution >= 4 is 26.2 Å². The topological polar surface area (TPSA) is 97.4 Å². The van der Waals surface area contributed by atoms with Crippen molar-refractivity contribution in [3.8, 4) is 0 Å². The summed E-state index contributed by atoms with van der Waals surface area (Å²) in [5, 5.41) is 0.0410. The van der Waals surface area contributed by atoms with E-state index in [1.165, 1.54) is 13.8 Å². The van der Waals surface area contributed by atoms with Crippen LogP contribution in [0, 0.1) is 35.0 Å². The van der Waals surface area contributed by atoms with Crippen LogP contribution in [0.3, 0.4) is 0 Å². The lowest BCUT2D eigenvalue weighted by atomic mass is 9.51. The minimum Gasteiger partial charge on any atom is -0.432 e. The Morgan fingerprint density at radius 1 is 1.05 bits per heavy atom. The predicted octanol–water partition coefficient (Wildman–Crippen LogP) is 5.59. The molecule has 3 aliphatic carbocycles. The number of carbonyl (C=O) groups excluding carboxylic acids is 3. The number of ether oxygens (including phenoxy) is 4. The first-order chi connectivity index (χ1) is 17.4. The van der Waals surface area contributed by atoms with Crippen molar-refractivity contribution in [1.82, 2.24) is 0 Å². The van der Waals surface area contributed by atoms with E-state index in [1.54, 1.807) is 0 Å². The van der Waals surface area contributed by atoms with E-state index < -0.39 is 49.8 Å². The van der Waals surface area contributed by atoms with E-state index in [4.69, 9.17) is 23.4 Å². The van der Waals surface area contributed by atoms with Crippen LogP contribution in [0.1, 0.15) is 87.5 Å².